The Hall–Kier alpha value is -3.31. The van der Waals surface area contributed by atoms with Crippen molar-refractivity contribution in [2.45, 2.75) is 11.7 Å². The fourth-order valence-electron chi connectivity index (χ4n) is 2.29. The van der Waals surface area contributed by atoms with Crippen LogP contribution in [0, 0.1) is 11.3 Å². The van der Waals surface area contributed by atoms with E-state index in [1.807, 2.05) is 6.07 Å². The van der Waals surface area contributed by atoms with Crippen LogP contribution in [0.1, 0.15) is 20.8 Å². The molecule has 0 spiro atoms. The van der Waals surface area contributed by atoms with Gasteiger partial charge in [0, 0.05) is 23.9 Å². The van der Waals surface area contributed by atoms with E-state index in [9.17, 15) is 36.4 Å². The monoisotopic (exact) mass is 490 g/mol. The summed E-state index contributed by atoms with van der Waals surface area (Å²) in [6.45, 7) is 0. The van der Waals surface area contributed by atoms with Gasteiger partial charge in [0.25, 0.3) is 5.91 Å². The molecule has 3 aromatic rings. The van der Waals surface area contributed by atoms with Gasteiger partial charge in [0.05, 0.1) is 11.3 Å². The van der Waals surface area contributed by atoms with Crippen molar-refractivity contribution in [1.29, 1.82) is 5.26 Å². The molecule has 0 aliphatic rings. The third-order valence-corrected chi connectivity index (χ3v) is 4.97. The van der Waals surface area contributed by atoms with Crippen LogP contribution < -0.4 is 9.50 Å². The highest BCUT2D eigenvalue weighted by Crippen LogP contribution is 2.35. The van der Waals surface area contributed by atoms with Crippen molar-refractivity contribution in [1.82, 2.24) is 9.97 Å². The molecular weight excluding hydrogens is 482 g/mol. The number of pyridine rings is 1. The number of thiazole rings is 1. The molecule has 32 heavy (non-hydrogen) atoms. The minimum Gasteiger partial charge on any atom is -0.417 e. The largest absolute Gasteiger partial charge is 0.479 e. The Morgan fingerprint density at radius 1 is 1.12 bits per heavy atom. The second-order valence-electron chi connectivity index (χ2n) is 5.83. The van der Waals surface area contributed by atoms with Gasteiger partial charge >= 0.3 is 11.7 Å². The number of rotatable bonds is 5. The average molecular weight is 490 g/mol. The van der Waals surface area contributed by atoms with Crippen molar-refractivity contribution in [3.8, 4) is 23.2 Å². The van der Waals surface area contributed by atoms with Crippen molar-refractivity contribution >= 4 is 34.4 Å². The Morgan fingerprint density at radius 3 is 2.41 bits per heavy atom. The number of hydrogen-bond donors (Lipinski definition) is 1. The number of nitrogens with zero attached hydrogens (tertiary/aromatic N) is 3. The van der Waals surface area contributed by atoms with Gasteiger partial charge in [-0.05, 0) is 24.3 Å². The van der Waals surface area contributed by atoms with Crippen LogP contribution >= 0.6 is 23.4 Å². The van der Waals surface area contributed by atoms with Crippen LogP contribution in [0.3, 0.4) is 0 Å². The molecule has 14 heteroatoms. The highest BCUT2D eigenvalue weighted by Gasteiger charge is 2.32. The molecule has 0 aliphatic heterocycles. The van der Waals surface area contributed by atoms with Crippen molar-refractivity contribution < 1.29 is 35.3 Å². The Kier molecular flexibility index (Phi) is 6.60. The Balaban J connectivity index is 1.80. The Labute approximate surface area is 184 Å². The zero-order chi connectivity index (χ0) is 23.5. The minimum absolute atomic E-state index is 0.000781. The first-order valence-corrected chi connectivity index (χ1v) is 9.80. The lowest BCUT2D eigenvalue weighted by Gasteiger charge is -2.07. The van der Waals surface area contributed by atoms with Gasteiger partial charge < -0.3 is 4.18 Å². The number of alkyl halides is 6. The first kappa shape index (κ1) is 23.4. The SMILES string of the molecule is N#Cc1sc(NC(=O)c2ccc(C(F)(F)F)cc2)nc1-c1cc(OSC(F)(F)F)ccn1. The number of benzene rings is 1. The highest BCUT2D eigenvalue weighted by molar-refractivity contribution is 7.95. The van der Waals surface area contributed by atoms with Crippen molar-refractivity contribution in [3.63, 3.8) is 0 Å². The number of carbonyl (C=O) groups is 1. The summed E-state index contributed by atoms with van der Waals surface area (Å²) < 4.78 is 79.4. The summed E-state index contributed by atoms with van der Waals surface area (Å²) in [4.78, 5) is 20.3. The zero-order valence-electron chi connectivity index (χ0n) is 15.3. The molecule has 1 aromatic carbocycles. The van der Waals surface area contributed by atoms with Gasteiger partial charge in [-0.1, -0.05) is 11.3 Å². The standard InChI is InChI=1S/C18H8F6N4O2S2/c19-17(20,21)10-3-1-9(2-4-10)15(29)28-16-27-14(13(8-25)31-16)12-7-11(5-6-26-12)30-32-18(22,23)24/h1-7H,(H,27,28,29). The smallest absolute Gasteiger partial charge is 0.417 e. The number of nitrogens with one attached hydrogen (secondary N) is 1. The molecule has 0 atom stereocenters. The van der Waals surface area contributed by atoms with E-state index in [-0.39, 0.29) is 32.7 Å². The van der Waals surface area contributed by atoms with E-state index in [1.165, 1.54) is 6.07 Å². The van der Waals surface area contributed by atoms with Gasteiger partial charge in [-0.25, -0.2) is 4.98 Å². The van der Waals surface area contributed by atoms with Crippen LogP contribution in [0.15, 0.2) is 42.6 Å². The molecule has 2 aromatic heterocycles. The molecule has 6 nitrogen and oxygen atoms in total. The predicted octanol–water partition coefficient (Wildman–Crippen LogP) is 5.89. The van der Waals surface area contributed by atoms with E-state index < -0.39 is 35.2 Å². The lowest BCUT2D eigenvalue weighted by molar-refractivity contribution is -0.137. The maximum Gasteiger partial charge on any atom is 0.479 e. The van der Waals surface area contributed by atoms with Gasteiger partial charge in [0.1, 0.15) is 22.4 Å². The van der Waals surface area contributed by atoms with Crippen LogP contribution in [-0.4, -0.2) is 21.4 Å². The van der Waals surface area contributed by atoms with E-state index >= 15 is 0 Å². The maximum absolute atomic E-state index is 12.6. The molecule has 166 valence electrons. The van der Waals surface area contributed by atoms with Crippen molar-refractivity contribution in [3.05, 3.63) is 58.6 Å². The highest BCUT2D eigenvalue weighted by atomic mass is 32.2. The zero-order valence-corrected chi connectivity index (χ0v) is 16.9. The third-order valence-electron chi connectivity index (χ3n) is 3.63. The van der Waals surface area contributed by atoms with Gasteiger partial charge in [-0.3, -0.25) is 15.1 Å². The third kappa shape index (κ3) is 5.89. The van der Waals surface area contributed by atoms with E-state index in [1.54, 1.807) is 0 Å². The Morgan fingerprint density at radius 2 is 1.81 bits per heavy atom. The van der Waals surface area contributed by atoms with Crippen LogP contribution in [0.25, 0.3) is 11.4 Å². The molecule has 0 bridgehead atoms. The lowest BCUT2D eigenvalue weighted by Crippen LogP contribution is -2.12. The predicted molar refractivity (Wildman–Crippen MR) is 104 cm³/mol. The molecule has 0 aliphatic carbocycles. The van der Waals surface area contributed by atoms with Crippen molar-refractivity contribution in [2.75, 3.05) is 5.32 Å². The van der Waals surface area contributed by atoms with Gasteiger partial charge in [-0.2, -0.15) is 31.6 Å². The van der Waals surface area contributed by atoms with E-state index in [2.05, 4.69) is 19.5 Å². The summed E-state index contributed by atoms with van der Waals surface area (Å²) in [6, 6.07) is 7.61. The molecule has 0 radical (unpaired) electrons. The second-order valence-corrected chi connectivity index (χ2v) is 7.62. The fourth-order valence-corrected chi connectivity index (χ4v) is 3.35. The normalized spacial score (nSPS) is 11.7. The summed E-state index contributed by atoms with van der Waals surface area (Å²) in [5.74, 6) is -0.959. The number of aromatic nitrogens is 2. The first-order chi connectivity index (χ1) is 15.0. The number of halogens is 6. The number of carbonyl (C=O) groups excluding carboxylic acids is 1. The molecule has 3 rings (SSSR count). The van der Waals surface area contributed by atoms with Crippen LogP contribution in [-0.2, 0) is 6.18 Å². The first-order valence-electron chi connectivity index (χ1n) is 8.24. The quantitative estimate of drug-likeness (QED) is 0.354. The fraction of sp³-hybridized carbons (Fsp3) is 0.111. The average Bonchev–Trinajstić information content (AvgIpc) is 3.14. The topological polar surface area (TPSA) is 87.9 Å². The van der Waals surface area contributed by atoms with Crippen LogP contribution in [0.2, 0.25) is 0 Å². The molecular formula is C18H8F6N4O2S2. The molecule has 0 fully saturated rings. The van der Waals surface area contributed by atoms with Crippen molar-refractivity contribution in [2.24, 2.45) is 0 Å². The minimum atomic E-state index is -4.63. The lowest BCUT2D eigenvalue weighted by atomic mass is 10.1. The van der Waals surface area contributed by atoms with Gasteiger partial charge in [0.15, 0.2) is 17.2 Å². The molecule has 1 N–H and O–H groups in total. The summed E-state index contributed by atoms with van der Waals surface area (Å²) in [7, 11) is 0. The van der Waals surface area contributed by atoms with Gasteiger partial charge in [-0.15, -0.1) is 0 Å². The van der Waals surface area contributed by atoms with E-state index in [4.69, 9.17) is 0 Å². The summed E-state index contributed by atoms with van der Waals surface area (Å²) in [5.41, 5.74) is -5.62. The molecule has 1 amide bonds. The maximum atomic E-state index is 12.6. The molecule has 0 saturated heterocycles. The summed E-state index contributed by atoms with van der Waals surface area (Å²) in [5, 5.41) is 11.6. The number of amides is 1. The molecule has 0 saturated carbocycles. The van der Waals surface area contributed by atoms with E-state index in [0.717, 1.165) is 47.9 Å². The molecule has 0 unspecified atom stereocenters. The number of nitriles is 1. The van der Waals surface area contributed by atoms with Crippen LogP contribution in [0.4, 0.5) is 31.5 Å². The number of hydrogen-bond acceptors (Lipinski definition) is 7. The second kappa shape index (κ2) is 9.05. The summed E-state index contributed by atoms with van der Waals surface area (Å²) in [6.07, 6.45) is -3.40. The van der Waals surface area contributed by atoms with E-state index in [0.29, 0.717) is 0 Å². The Bertz CT molecular complexity index is 1170. The van der Waals surface area contributed by atoms with Crippen LogP contribution in [0.5, 0.6) is 5.75 Å². The number of anilines is 1. The summed E-state index contributed by atoms with van der Waals surface area (Å²) >= 11 is 0.0342. The molecule has 2 heterocycles. The van der Waals surface area contributed by atoms with Gasteiger partial charge in [0.2, 0.25) is 0 Å².